The second-order valence-electron chi connectivity index (χ2n) is 11.4. The highest BCUT2D eigenvalue weighted by molar-refractivity contribution is 6.35. The van der Waals surface area contributed by atoms with Gasteiger partial charge in [0.05, 0.1) is 13.2 Å². The van der Waals surface area contributed by atoms with Crippen molar-refractivity contribution in [3.05, 3.63) is 81.9 Å². The first kappa shape index (κ1) is 28.8. The van der Waals surface area contributed by atoms with Crippen LogP contribution in [0.15, 0.2) is 48.6 Å². The summed E-state index contributed by atoms with van der Waals surface area (Å²) in [4.78, 5) is 53.2. The number of Topliss-reactive ketones (excluding diaryl/α,β-unsaturated/α-hetero) is 2. The summed E-state index contributed by atoms with van der Waals surface area (Å²) < 4.78 is 10.3. The Morgan fingerprint density at radius 2 is 0.921 bits per heavy atom. The number of ketones is 2. The number of rotatable bonds is 4. The summed E-state index contributed by atoms with van der Waals surface area (Å²) in [7, 11) is 0. The fraction of sp³-hybridized carbons (Fsp3) is 0.375. The van der Waals surface area contributed by atoms with E-state index in [2.05, 4.69) is 0 Å². The molecule has 0 aliphatic heterocycles. The van der Waals surface area contributed by atoms with Crippen LogP contribution < -0.4 is 0 Å². The predicted molar refractivity (Wildman–Crippen MR) is 148 cm³/mol. The molecular formula is C32H36O6. The number of hydrogen-bond acceptors (Lipinski definition) is 6. The highest BCUT2D eigenvalue weighted by Crippen LogP contribution is 2.35. The molecule has 200 valence electrons. The fourth-order valence-electron chi connectivity index (χ4n) is 4.17. The van der Waals surface area contributed by atoms with Gasteiger partial charge in [0.15, 0.2) is 11.6 Å². The molecule has 0 heterocycles. The zero-order valence-corrected chi connectivity index (χ0v) is 23.5. The topological polar surface area (TPSA) is 86.7 Å². The Labute approximate surface area is 224 Å². The van der Waals surface area contributed by atoms with Gasteiger partial charge in [-0.1, -0.05) is 53.7 Å². The Balaban J connectivity index is 2.47. The summed E-state index contributed by atoms with van der Waals surface area (Å²) in [6, 6.07) is 10.4. The SMILES string of the molecule is CCOC(=O)/C=C1\C(=O)c2cc(cc(C(C)(C)C)c2)/C(=C/C(=O)OCC)C(=O)c2cc1cc(C(C)(C)C)c2. The summed E-state index contributed by atoms with van der Waals surface area (Å²) in [5.41, 5.74) is 2.60. The van der Waals surface area contributed by atoms with Crippen LogP contribution in [-0.4, -0.2) is 36.7 Å². The van der Waals surface area contributed by atoms with Gasteiger partial charge in [-0.3, -0.25) is 9.59 Å². The molecular weight excluding hydrogens is 480 g/mol. The minimum absolute atomic E-state index is 0.137. The van der Waals surface area contributed by atoms with E-state index in [1.54, 1.807) is 38.1 Å². The Morgan fingerprint density at radius 3 is 1.21 bits per heavy atom. The van der Waals surface area contributed by atoms with E-state index in [4.69, 9.17) is 9.47 Å². The van der Waals surface area contributed by atoms with Crippen LogP contribution in [0.25, 0.3) is 11.1 Å². The third kappa shape index (κ3) is 6.36. The first-order valence-electron chi connectivity index (χ1n) is 12.8. The van der Waals surface area contributed by atoms with E-state index < -0.39 is 11.9 Å². The van der Waals surface area contributed by atoms with Crippen LogP contribution in [0, 0.1) is 0 Å². The van der Waals surface area contributed by atoms with Gasteiger partial charge >= 0.3 is 11.9 Å². The van der Waals surface area contributed by atoms with Gasteiger partial charge in [-0.25, -0.2) is 9.59 Å². The molecule has 0 aromatic heterocycles. The summed E-state index contributed by atoms with van der Waals surface area (Å²) in [6.07, 6.45) is 2.39. The summed E-state index contributed by atoms with van der Waals surface area (Å²) in [5, 5.41) is 0. The smallest absolute Gasteiger partial charge is 0.331 e. The van der Waals surface area contributed by atoms with Crippen molar-refractivity contribution in [2.45, 2.75) is 66.2 Å². The number of esters is 2. The van der Waals surface area contributed by atoms with E-state index in [1.165, 1.54) is 12.2 Å². The summed E-state index contributed by atoms with van der Waals surface area (Å²) in [6.45, 7) is 15.7. The number of fused-ring (bicyclic) bond motifs is 4. The number of benzene rings is 2. The molecule has 1 aliphatic carbocycles. The molecule has 0 N–H and O–H groups in total. The van der Waals surface area contributed by atoms with Gasteiger partial charge in [-0.2, -0.15) is 0 Å². The van der Waals surface area contributed by atoms with E-state index >= 15 is 0 Å². The Hall–Kier alpha value is -3.80. The lowest BCUT2D eigenvalue weighted by Crippen LogP contribution is -2.19. The van der Waals surface area contributed by atoms with Crippen molar-refractivity contribution >= 4 is 34.7 Å². The van der Waals surface area contributed by atoms with E-state index in [0.717, 1.165) is 11.1 Å². The third-order valence-corrected chi connectivity index (χ3v) is 6.33. The summed E-state index contributed by atoms with van der Waals surface area (Å²) in [5.74, 6) is -2.05. The largest absolute Gasteiger partial charge is 0.463 e. The molecule has 0 unspecified atom stereocenters. The molecule has 0 saturated carbocycles. The van der Waals surface area contributed by atoms with Crippen molar-refractivity contribution in [2.75, 3.05) is 13.2 Å². The van der Waals surface area contributed by atoms with Crippen molar-refractivity contribution in [3.8, 4) is 0 Å². The van der Waals surface area contributed by atoms with E-state index in [-0.39, 0.29) is 46.8 Å². The molecule has 0 amide bonds. The third-order valence-electron chi connectivity index (χ3n) is 6.33. The van der Waals surface area contributed by atoms with Crippen molar-refractivity contribution in [1.29, 1.82) is 0 Å². The van der Waals surface area contributed by atoms with Crippen LogP contribution in [0.3, 0.4) is 0 Å². The number of carbonyl (C=O) groups is 4. The molecule has 6 heteroatoms. The van der Waals surface area contributed by atoms with Crippen LogP contribution in [-0.2, 0) is 29.9 Å². The molecule has 3 rings (SSSR count). The van der Waals surface area contributed by atoms with Gasteiger partial charge in [-0.05, 0) is 71.2 Å². The van der Waals surface area contributed by atoms with E-state index in [9.17, 15) is 19.2 Å². The lowest BCUT2D eigenvalue weighted by Gasteiger charge is -2.25. The standard InChI is InChI=1S/C32H36O6/c1-9-37-27(33)17-25-19-11-22(16-23(13-19)31(3,4)5)30(36)26(18-28(34)38-10-2)20-12-21(29(25)35)15-24(14-20)32(6,7)8/h11-18H,9-10H2,1-8H3/b25-17-,26-18-. The maximum Gasteiger partial charge on any atom is 0.331 e. The fourth-order valence-corrected chi connectivity index (χ4v) is 4.17. The molecule has 1 aliphatic rings. The zero-order valence-electron chi connectivity index (χ0n) is 23.5. The Kier molecular flexibility index (Phi) is 8.25. The monoisotopic (exact) mass is 516 g/mol. The average Bonchev–Trinajstić information content (AvgIpc) is 2.83. The number of allylic oxidation sites excluding steroid dienone is 2. The molecule has 6 nitrogen and oxygen atoms in total. The zero-order chi connectivity index (χ0) is 28.4. The lowest BCUT2D eigenvalue weighted by atomic mass is 9.79. The van der Waals surface area contributed by atoms with Crippen molar-refractivity contribution in [2.24, 2.45) is 0 Å². The maximum atomic E-state index is 14.1. The minimum Gasteiger partial charge on any atom is -0.463 e. The van der Waals surface area contributed by atoms with Crippen LogP contribution in [0.4, 0.5) is 0 Å². The molecule has 4 bridgehead atoms. The van der Waals surface area contributed by atoms with Gasteiger partial charge in [-0.15, -0.1) is 0 Å². The highest BCUT2D eigenvalue weighted by atomic mass is 16.5. The predicted octanol–water partition coefficient (Wildman–Crippen LogP) is 6.25. The molecule has 0 saturated heterocycles. The Morgan fingerprint density at radius 1 is 0.605 bits per heavy atom. The lowest BCUT2D eigenvalue weighted by molar-refractivity contribution is -0.138. The maximum absolute atomic E-state index is 14.1. The van der Waals surface area contributed by atoms with Crippen LogP contribution in [0.1, 0.15) is 98.4 Å². The Bertz CT molecular complexity index is 1250. The van der Waals surface area contributed by atoms with E-state index in [1.807, 2.05) is 53.7 Å². The molecule has 2 aromatic rings. The first-order valence-corrected chi connectivity index (χ1v) is 12.8. The minimum atomic E-state index is -0.642. The number of hydrogen-bond donors (Lipinski definition) is 0. The number of ether oxygens (including phenoxy) is 2. The second-order valence-corrected chi connectivity index (χ2v) is 11.4. The van der Waals surface area contributed by atoms with Crippen molar-refractivity contribution in [1.82, 2.24) is 0 Å². The second kappa shape index (κ2) is 10.9. The van der Waals surface area contributed by atoms with Crippen molar-refractivity contribution in [3.63, 3.8) is 0 Å². The van der Waals surface area contributed by atoms with Crippen LogP contribution >= 0.6 is 0 Å². The first-order chi connectivity index (χ1) is 17.6. The van der Waals surface area contributed by atoms with Crippen molar-refractivity contribution < 1.29 is 28.7 Å². The average molecular weight is 517 g/mol. The van der Waals surface area contributed by atoms with Crippen LogP contribution in [0.5, 0.6) is 0 Å². The molecule has 0 radical (unpaired) electrons. The van der Waals surface area contributed by atoms with Gasteiger partial charge in [0, 0.05) is 34.4 Å². The molecule has 0 fully saturated rings. The highest BCUT2D eigenvalue weighted by Gasteiger charge is 2.28. The van der Waals surface area contributed by atoms with Gasteiger partial charge < -0.3 is 9.47 Å². The van der Waals surface area contributed by atoms with Crippen LogP contribution in [0.2, 0.25) is 0 Å². The van der Waals surface area contributed by atoms with Gasteiger partial charge in [0.2, 0.25) is 0 Å². The van der Waals surface area contributed by atoms with Gasteiger partial charge in [0.25, 0.3) is 0 Å². The number of carbonyl (C=O) groups excluding carboxylic acids is 4. The molecule has 2 aromatic carbocycles. The molecule has 0 spiro atoms. The normalized spacial score (nSPS) is 16.0. The molecule has 38 heavy (non-hydrogen) atoms. The quantitative estimate of drug-likeness (QED) is 0.352. The summed E-state index contributed by atoms with van der Waals surface area (Å²) >= 11 is 0. The van der Waals surface area contributed by atoms with E-state index in [0.29, 0.717) is 22.3 Å². The molecule has 0 atom stereocenters. The van der Waals surface area contributed by atoms with Gasteiger partial charge in [0.1, 0.15) is 0 Å².